The van der Waals surface area contributed by atoms with Gasteiger partial charge in [0, 0.05) is 27.2 Å². The second kappa shape index (κ2) is 9.23. The Balaban J connectivity index is 1.67. The Bertz CT molecular complexity index is 1100. The summed E-state index contributed by atoms with van der Waals surface area (Å²) >= 11 is 7.17. The van der Waals surface area contributed by atoms with Gasteiger partial charge in [-0.3, -0.25) is 4.79 Å². The third kappa shape index (κ3) is 4.60. The van der Waals surface area contributed by atoms with Crippen LogP contribution in [0, 0.1) is 13.8 Å². The highest BCUT2D eigenvalue weighted by Gasteiger charge is 2.24. The van der Waals surface area contributed by atoms with E-state index in [1.165, 1.54) is 11.3 Å². The standard InChI is InChI=1S/C21H19ClN2O5S/c1-4-28-21(27)18-11(2)17(12(3)23-18)16(25)9-29-20(26)15-10-30-19(24-15)13-5-7-14(22)8-6-13/h5-8,10,23H,4,9H2,1-3H3. The SMILES string of the molecule is CCOC(=O)c1[nH]c(C)c(C(=O)COC(=O)c2csc(-c3ccc(Cl)cc3)n2)c1C. The maximum Gasteiger partial charge on any atom is 0.358 e. The van der Waals surface area contributed by atoms with Gasteiger partial charge in [-0.05, 0) is 38.5 Å². The van der Waals surface area contributed by atoms with Crippen molar-refractivity contribution in [2.75, 3.05) is 13.2 Å². The van der Waals surface area contributed by atoms with Crippen LogP contribution in [0.5, 0.6) is 0 Å². The summed E-state index contributed by atoms with van der Waals surface area (Å²) in [5, 5.41) is 2.82. The number of ketones is 1. The molecule has 3 aromatic rings. The molecule has 0 unspecified atom stereocenters. The largest absolute Gasteiger partial charge is 0.461 e. The summed E-state index contributed by atoms with van der Waals surface area (Å²) in [6, 6.07) is 7.08. The summed E-state index contributed by atoms with van der Waals surface area (Å²) in [7, 11) is 0. The molecule has 0 saturated heterocycles. The zero-order valence-corrected chi connectivity index (χ0v) is 18.1. The summed E-state index contributed by atoms with van der Waals surface area (Å²) in [6.07, 6.45) is 0. The van der Waals surface area contributed by atoms with E-state index in [0.717, 1.165) is 5.56 Å². The van der Waals surface area contributed by atoms with Crippen LogP contribution in [0.3, 0.4) is 0 Å². The molecule has 0 bridgehead atoms. The van der Waals surface area contributed by atoms with Crippen molar-refractivity contribution in [3.05, 3.63) is 62.9 Å². The van der Waals surface area contributed by atoms with Crippen LogP contribution in [-0.4, -0.2) is 40.9 Å². The molecule has 0 saturated carbocycles. The minimum atomic E-state index is -0.698. The normalized spacial score (nSPS) is 10.7. The van der Waals surface area contributed by atoms with E-state index in [1.807, 2.05) is 0 Å². The molecule has 156 valence electrons. The summed E-state index contributed by atoms with van der Waals surface area (Å²) < 4.78 is 10.1. The molecule has 2 aromatic heterocycles. The number of aromatic nitrogens is 2. The fourth-order valence-corrected chi connectivity index (χ4v) is 3.87. The van der Waals surface area contributed by atoms with Crippen molar-refractivity contribution in [3.8, 4) is 10.6 Å². The Morgan fingerprint density at radius 3 is 2.47 bits per heavy atom. The van der Waals surface area contributed by atoms with Gasteiger partial charge in [0.2, 0.25) is 5.78 Å². The van der Waals surface area contributed by atoms with Gasteiger partial charge in [-0.1, -0.05) is 23.7 Å². The second-order valence-electron chi connectivity index (χ2n) is 6.39. The Labute approximate surface area is 182 Å². The minimum absolute atomic E-state index is 0.118. The van der Waals surface area contributed by atoms with Crippen molar-refractivity contribution in [1.29, 1.82) is 0 Å². The average Bonchev–Trinajstić information content (AvgIpc) is 3.31. The predicted molar refractivity (Wildman–Crippen MR) is 113 cm³/mol. The van der Waals surface area contributed by atoms with Gasteiger partial charge in [-0.25, -0.2) is 14.6 Å². The average molecular weight is 447 g/mol. The molecule has 3 rings (SSSR count). The first-order valence-electron chi connectivity index (χ1n) is 9.09. The fraction of sp³-hybridized carbons (Fsp3) is 0.238. The van der Waals surface area contributed by atoms with E-state index in [0.29, 0.717) is 26.9 Å². The van der Waals surface area contributed by atoms with Gasteiger partial charge in [0.05, 0.1) is 6.61 Å². The molecule has 0 spiro atoms. The predicted octanol–water partition coefficient (Wildman–Crippen LogP) is 4.62. The van der Waals surface area contributed by atoms with Crippen molar-refractivity contribution in [2.45, 2.75) is 20.8 Å². The summed E-state index contributed by atoms with van der Waals surface area (Å²) in [5.74, 6) is -1.65. The van der Waals surface area contributed by atoms with Crippen LogP contribution in [0.1, 0.15) is 49.5 Å². The fourth-order valence-electron chi connectivity index (χ4n) is 2.95. The third-order valence-corrected chi connectivity index (χ3v) is 5.48. The molecule has 30 heavy (non-hydrogen) atoms. The lowest BCUT2D eigenvalue weighted by atomic mass is 10.1. The molecule has 0 radical (unpaired) electrons. The molecule has 1 aromatic carbocycles. The van der Waals surface area contributed by atoms with Crippen molar-refractivity contribution < 1.29 is 23.9 Å². The number of halogens is 1. The van der Waals surface area contributed by atoms with E-state index in [2.05, 4.69) is 9.97 Å². The van der Waals surface area contributed by atoms with Crippen LogP contribution in [0.2, 0.25) is 5.02 Å². The number of nitrogens with one attached hydrogen (secondary N) is 1. The zero-order valence-electron chi connectivity index (χ0n) is 16.6. The highest BCUT2D eigenvalue weighted by Crippen LogP contribution is 2.25. The maximum absolute atomic E-state index is 12.6. The summed E-state index contributed by atoms with van der Waals surface area (Å²) in [6.45, 7) is 4.77. The van der Waals surface area contributed by atoms with E-state index in [9.17, 15) is 14.4 Å². The number of benzene rings is 1. The highest BCUT2D eigenvalue weighted by atomic mass is 35.5. The third-order valence-electron chi connectivity index (χ3n) is 4.33. The van der Waals surface area contributed by atoms with Crippen LogP contribution in [0.15, 0.2) is 29.6 Å². The van der Waals surface area contributed by atoms with Gasteiger partial charge in [0.1, 0.15) is 10.7 Å². The van der Waals surface area contributed by atoms with Gasteiger partial charge < -0.3 is 14.5 Å². The number of thiazole rings is 1. The van der Waals surface area contributed by atoms with Crippen molar-refractivity contribution in [2.24, 2.45) is 0 Å². The van der Waals surface area contributed by atoms with Crippen LogP contribution >= 0.6 is 22.9 Å². The Kier molecular flexibility index (Phi) is 6.69. The van der Waals surface area contributed by atoms with Crippen LogP contribution in [0.4, 0.5) is 0 Å². The lowest BCUT2D eigenvalue weighted by Crippen LogP contribution is -2.16. The molecule has 0 aliphatic rings. The van der Waals surface area contributed by atoms with Crippen molar-refractivity contribution >= 4 is 40.7 Å². The number of aryl methyl sites for hydroxylation is 1. The monoisotopic (exact) mass is 446 g/mol. The molecular weight excluding hydrogens is 428 g/mol. The molecule has 1 N–H and O–H groups in total. The summed E-state index contributed by atoms with van der Waals surface area (Å²) in [5.41, 5.74) is 2.44. The minimum Gasteiger partial charge on any atom is -0.461 e. The van der Waals surface area contributed by atoms with Crippen molar-refractivity contribution in [1.82, 2.24) is 9.97 Å². The maximum atomic E-state index is 12.6. The first-order chi connectivity index (χ1) is 14.3. The molecule has 0 aliphatic carbocycles. The Hall–Kier alpha value is -2.97. The first-order valence-corrected chi connectivity index (χ1v) is 10.4. The number of carbonyl (C=O) groups excluding carboxylic acids is 3. The number of rotatable bonds is 7. The zero-order chi connectivity index (χ0) is 21.8. The van der Waals surface area contributed by atoms with Crippen LogP contribution in [0.25, 0.3) is 10.6 Å². The summed E-state index contributed by atoms with van der Waals surface area (Å²) in [4.78, 5) is 44.0. The number of aromatic amines is 1. The molecule has 0 aliphatic heterocycles. The number of H-pyrrole nitrogens is 1. The Morgan fingerprint density at radius 1 is 1.10 bits per heavy atom. The number of Topliss-reactive ketones (excluding diaryl/α,β-unsaturated/α-hetero) is 1. The number of carbonyl (C=O) groups is 3. The van der Waals surface area contributed by atoms with E-state index in [4.69, 9.17) is 21.1 Å². The van der Waals surface area contributed by atoms with E-state index in [-0.39, 0.29) is 18.0 Å². The van der Waals surface area contributed by atoms with Gasteiger partial charge in [-0.15, -0.1) is 11.3 Å². The van der Waals surface area contributed by atoms with Gasteiger partial charge in [0.15, 0.2) is 12.3 Å². The molecular formula is C21H19ClN2O5S. The van der Waals surface area contributed by atoms with E-state index >= 15 is 0 Å². The number of hydrogen-bond acceptors (Lipinski definition) is 7. The number of esters is 2. The molecule has 0 atom stereocenters. The molecule has 0 fully saturated rings. The van der Waals surface area contributed by atoms with Crippen molar-refractivity contribution in [3.63, 3.8) is 0 Å². The lowest BCUT2D eigenvalue weighted by molar-refractivity contribution is 0.0468. The number of hydrogen-bond donors (Lipinski definition) is 1. The van der Waals surface area contributed by atoms with Gasteiger partial charge in [-0.2, -0.15) is 0 Å². The van der Waals surface area contributed by atoms with E-state index < -0.39 is 24.3 Å². The Morgan fingerprint density at radius 2 is 1.80 bits per heavy atom. The molecule has 2 heterocycles. The highest BCUT2D eigenvalue weighted by molar-refractivity contribution is 7.13. The van der Waals surface area contributed by atoms with Crippen LogP contribution in [-0.2, 0) is 9.47 Å². The second-order valence-corrected chi connectivity index (χ2v) is 7.68. The quantitative estimate of drug-likeness (QED) is 0.420. The first kappa shape index (κ1) is 21.7. The number of ether oxygens (including phenoxy) is 2. The number of nitrogens with zero attached hydrogens (tertiary/aromatic N) is 1. The lowest BCUT2D eigenvalue weighted by Gasteiger charge is -2.04. The molecule has 0 amide bonds. The van der Waals surface area contributed by atoms with E-state index in [1.54, 1.807) is 50.4 Å². The molecule has 7 nitrogen and oxygen atoms in total. The molecule has 9 heteroatoms. The van der Waals surface area contributed by atoms with Crippen LogP contribution < -0.4 is 0 Å². The van der Waals surface area contributed by atoms with Gasteiger partial charge >= 0.3 is 11.9 Å². The van der Waals surface area contributed by atoms with Gasteiger partial charge in [0.25, 0.3) is 0 Å². The topological polar surface area (TPSA) is 98.4 Å². The smallest absolute Gasteiger partial charge is 0.358 e.